The lowest BCUT2D eigenvalue weighted by molar-refractivity contribution is -0.116. The van der Waals surface area contributed by atoms with E-state index < -0.39 is 0 Å². The molecule has 1 aromatic heterocycles. The number of methoxy groups -OCH3 is 2. The van der Waals surface area contributed by atoms with Gasteiger partial charge in [0.1, 0.15) is 6.54 Å². The van der Waals surface area contributed by atoms with Crippen molar-refractivity contribution in [2.75, 3.05) is 32.6 Å². The Morgan fingerprint density at radius 1 is 0.973 bits per heavy atom. The maximum Gasteiger partial charge on any atom is 0.254 e. The number of nitrogens with zero attached hydrogens (tertiary/aromatic N) is 3. The molecule has 0 aliphatic carbocycles. The summed E-state index contributed by atoms with van der Waals surface area (Å²) < 4.78 is 12.6. The van der Waals surface area contributed by atoms with Gasteiger partial charge in [-0.2, -0.15) is 0 Å². The fraction of sp³-hybridized carbons (Fsp3) is 0.179. The first-order chi connectivity index (χ1) is 17.9. The van der Waals surface area contributed by atoms with Crippen LogP contribution in [0, 0.1) is 0 Å². The number of anilines is 1. The molecule has 3 aromatic carbocycles. The van der Waals surface area contributed by atoms with Gasteiger partial charge in [0.15, 0.2) is 11.5 Å². The maximum atomic E-state index is 13.1. The molecule has 0 aliphatic rings. The van der Waals surface area contributed by atoms with Crippen LogP contribution in [0.4, 0.5) is 5.95 Å². The first kappa shape index (κ1) is 25.8. The molecule has 8 nitrogen and oxygen atoms in total. The Balaban J connectivity index is 1.65. The number of benzene rings is 3. The third kappa shape index (κ3) is 5.92. The van der Waals surface area contributed by atoms with E-state index >= 15 is 0 Å². The summed E-state index contributed by atoms with van der Waals surface area (Å²) in [5.74, 6) is 0.812. The molecule has 2 amide bonds. The van der Waals surface area contributed by atoms with Crippen LogP contribution in [0.5, 0.6) is 11.5 Å². The number of amides is 2. The number of halogens is 1. The van der Waals surface area contributed by atoms with Crippen LogP contribution in [-0.4, -0.2) is 53.6 Å². The standard InChI is InChI=1S/C28H27ClN4O4/c1-4-32(27(35)20-8-6-5-7-9-20)18-26(34)31-28-30-23(19-10-12-21(29)13-11-19)17-33(28)22-14-15-24(36-2)25(16-22)37-3/h5-17H,4,18H2,1-3H3,(H,30,31,34). The molecular formula is C28H27ClN4O4. The van der Waals surface area contributed by atoms with Crippen LogP contribution in [0.15, 0.2) is 79.0 Å². The lowest BCUT2D eigenvalue weighted by Crippen LogP contribution is -2.38. The number of hydrogen-bond donors (Lipinski definition) is 1. The summed E-state index contributed by atoms with van der Waals surface area (Å²) >= 11 is 6.05. The van der Waals surface area contributed by atoms with Crippen molar-refractivity contribution in [2.24, 2.45) is 0 Å². The van der Waals surface area contributed by atoms with Crippen LogP contribution in [-0.2, 0) is 4.79 Å². The maximum absolute atomic E-state index is 13.1. The van der Waals surface area contributed by atoms with Crippen molar-refractivity contribution in [2.45, 2.75) is 6.92 Å². The van der Waals surface area contributed by atoms with E-state index in [0.717, 1.165) is 5.56 Å². The van der Waals surface area contributed by atoms with Crippen molar-refractivity contribution in [3.8, 4) is 28.4 Å². The number of aromatic nitrogens is 2. The van der Waals surface area contributed by atoms with Gasteiger partial charge in [0, 0.05) is 35.0 Å². The van der Waals surface area contributed by atoms with Gasteiger partial charge < -0.3 is 14.4 Å². The van der Waals surface area contributed by atoms with E-state index in [2.05, 4.69) is 10.3 Å². The molecule has 0 bridgehead atoms. The van der Waals surface area contributed by atoms with Crippen molar-refractivity contribution in [3.05, 3.63) is 89.6 Å². The van der Waals surface area contributed by atoms with E-state index in [1.165, 1.54) is 4.90 Å². The Labute approximate surface area is 220 Å². The second-order valence-corrected chi connectivity index (χ2v) is 8.54. The largest absolute Gasteiger partial charge is 0.493 e. The highest BCUT2D eigenvalue weighted by atomic mass is 35.5. The average Bonchev–Trinajstić information content (AvgIpc) is 3.35. The number of imidazole rings is 1. The Hall–Kier alpha value is -4.30. The number of carbonyl (C=O) groups is 2. The zero-order chi connectivity index (χ0) is 26.4. The smallest absolute Gasteiger partial charge is 0.254 e. The molecule has 0 radical (unpaired) electrons. The highest BCUT2D eigenvalue weighted by molar-refractivity contribution is 6.30. The first-order valence-electron chi connectivity index (χ1n) is 11.7. The third-order valence-corrected chi connectivity index (χ3v) is 6.02. The summed E-state index contributed by atoms with van der Waals surface area (Å²) in [6.07, 6.45) is 1.81. The SMILES string of the molecule is CCN(CC(=O)Nc1nc(-c2ccc(Cl)cc2)cn1-c1ccc(OC)c(OC)c1)C(=O)c1ccccc1. The second-order valence-electron chi connectivity index (χ2n) is 8.10. The molecule has 1 heterocycles. The number of ether oxygens (including phenoxy) is 2. The Kier molecular flexibility index (Phi) is 8.10. The zero-order valence-corrected chi connectivity index (χ0v) is 21.5. The van der Waals surface area contributed by atoms with Crippen LogP contribution in [0.3, 0.4) is 0 Å². The minimum Gasteiger partial charge on any atom is -0.493 e. The van der Waals surface area contributed by atoms with Gasteiger partial charge in [-0.05, 0) is 43.3 Å². The van der Waals surface area contributed by atoms with E-state index in [9.17, 15) is 9.59 Å². The Morgan fingerprint density at radius 2 is 1.68 bits per heavy atom. The minimum atomic E-state index is -0.374. The lowest BCUT2D eigenvalue weighted by atomic mass is 10.2. The molecule has 37 heavy (non-hydrogen) atoms. The number of hydrogen-bond acceptors (Lipinski definition) is 5. The van der Waals surface area contributed by atoms with Gasteiger partial charge in [0.2, 0.25) is 11.9 Å². The highest BCUT2D eigenvalue weighted by Gasteiger charge is 2.20. The quantitative estimate of drug-likeness (QED) is 0.324. The molecule has 0 saturated carbocycles. The van der Waals surface area contributed by atoms with Gasteiger partial charge in [0.05, 0.1) is 25.6 Å². The van der Waals surface area contributed by atoms with Crippen molar-refractivity contribution < 1.29 is 19.1 Å². The predicted octanol–water partition coefficient (Wildman–Crippen LogP) is 5.31. The molecule has 0 atom stereocenters. The number of likely N-dealkylation sites (N-methyl/N-ethyl adjacent to an activating group) is 1. The van der Waals surface area contributed by atoms with Gasteiger partial charge in [-0.25, -0.2) is 4.98 Å². The molecule has 0 fully saturated rings. The van der Waals surface area contributed by atoms with Crippen LogP contribution in [0.25, 0.3) is 16.9 Å². The van der Waals surface area contributed by atoms with E-state index in [0.29, 0.717) is 46.0 Å². The van der Waals surface area contributed by atoms with Crippen LogP contribution < -0.4 is 14.8 Å². The summed E-state index contributed by atoms with van der Waals surface area (Å²) in [5, 5.41) is 3.48. The van der Waals surface area contributed by atoms with E-state index in [1.807, 2.05) is 37.4 Å². The van der Waals surface area contributed by atoms with Gasteiger partial charge in [-0.3, -0.25) is 19.5 Å². The number of carbonyl (C=O) groups excluding carboxylic acids is 2. The summed E-state index contributed by atoms with van der Waals surface area (Å²) in [6, 6.07) is 21.5. The zero-order valence-electron chi connectivity index (χ0n) is 20.8. The van der Waals surface area contributed by atoms with Crippen LogP contribution >= 0.6 is 11.6 Å². The van der Waals surface area contributed by atoms with Gasteiger partial charge in [-0.15, -0.1) is 0 Å². The van der Waals surface area contributed by atoms with Crippen LogP contribution in [0.1, 0.15) is 17.3 Å². The summed E-state index contributed by atoms with van der Waals surface area (Å²) in [5.41, 5.74) is 2.69. The van der Waals surface area contributed by atoms with Crippen molar-refractivity contribution in [1.82, 2.24) is 14.5 Å². The Morgan fingerprint density at radius 3 is 2.32 bits per heavy atom. The van der Waals surface area contributed by atoms with E-state index in [-0.39, 0.29) is 18.4 Å². The monoisotopic (exact) mass is 518 g/mol. The third-order valence-electron chi connectivity index (χ3n) is 5.77. The normalized spacial score (nSPS) is 10.6. The molecule has 4 rings (SSSR count). The first-order valence-corrected chi connectivity index (χ1v) is 12.0. The minimum absolute atomic E-state index is 0.126. The van der Waals surface area contributed by atoms with Gasteiger partial charge >= 0.3 is 0 Å². The molecule has 0 unspecified atom stereocenters. The molecule has 4 aromatic rings. The summed E-state index contributed by atoms with van der Waals surface area (Å²) in [7, 11) is 3.12. The molecular weight excluding hydrogens is 492 g/mol. The van der Waals surface area contributed by atoms with Crippen molar-refractivity contribution >= 4 is 29.4 Å². The average molecular weight is 519 g/mol. The highest BCUT2D eigenvalue weighted by Crippen LogP contribution is 2.32. The fourth-order valence-corrected chi connectivity index (χ4v) is 3.95. The van der Waals surface area contributed by atoms with Crippen molar-refractivity contribution in [3.63, 3.8) is 0 Å². The molecule has 0 saturated heterocycles. The lowest BCUT2D eigenvalue weighted by Gasteiger charge is -2.20. The molecule has 9 heteroatoms. The predicted molar refractivity (Wildman–Crippen MR) is 144 cm³/mol. The molecule has 0 aliphatic heterocycles. The van der Waals surface area contributed by atoms with Crippen LogP contribution in [0.2, 0.25) is 5.02 Å². The number of rotatable bonds is 9. The van der Waals surface area contributed by atoms with Gasteiger partial charge in [0.25, 0.3) is 5.91 Å². The van der Waals surface area contributed by atoms with E-state index in [1.54, 1.807) is 67.3 Å². The summed E-state index contributed by atoms with van der Waals surface area (Å²) in [6.45, 7) is 2.08. The van der Waals surface area contributed by atoms with Crippen molar-refractivity contribution in [1.29, 1.82) is 0 Å². The molecule has 0 spiro atoms. The molecule has 190 valence electrons. The topological polar surface area (TPSA) is 85.7 Å². The van der Waals surface area contributed by atoms with E-state index in [4.69, 9.17) is 21.1 Å². The Bertz CT molecular complexity index is 1390. The fourth-order valence-electron chi connectivity index (χ4n) is 3.83. The number of nitrogens with one attached hydrogen (secondary N) is 1. The van der Waals surface area contributed by atoms with Gasteiger partial charge in [-0.1, -0.05) is 41.9 Å². The summed E-state index contributed by atoms with van der Waals surface area (Å²) in [4.78, 5) is 32.1. The second kappa shape index (κ2) is 11.6. The molecule has 1 N–H and O–H groups in total.